The van der Waals surface area contributed by atoms with Gasteiger partial charge in [0.1, 0.15) is 0 Å². The molecule has 0 radical (unpaired) electrons. The third-order valence-electron chi connectivity index (χ3n) is 2.27. The normalized spacial score (nSPS) is 10.9. The number of hydrogen-bond acceptors (Lipinski definition) is 2. The van der Waals surface area contributed by atoms with Crippen molar-refractivity contribution in [1.29, 1.82) is 0 Å². The van der Waals surface area contributed by atoms with Crippen molar-refractivity contribution in [3.05, 3.63) is 0 Å². The van der Waals surface area contributed by atoms with Crippen molar-refractivity contribution in [2.24, 2.45) is 5.73 Å². The SMILES string of the molecule is CC(C)SCCCCCCCCC(N)=O. The van der Waals surface area contributed by atoms with E-state index in [1.54, 1.807) is 0 Å². The molecule has 0 atom stereocenters. The van der Waals surface area contributed by atoms with Gasteiger partial charge < -0.3 is 5.73 Å². The minimum Gasteiger partial charge on any atom is -0.370 e. The van der Waals surface area contributed by atoms with Crippen molar-refractivity contribution in [3.63, 3.8) is 0 Å². The summed E-state index contributed by atoms with van der Waals surface area (Å²) in [6, 6.07) is 0. The van der Waals surface area contributed by atoms with Crippen molar-refractivity contribution in [2.45, 2.75) is 64.0 Å². The second kappa shape index (κ2) is 10.3. The van der Waals surface area contributed by atoms with Gasteiger partial charge in [-0.25, -0.2) is 0 Å². The molecule has 0 aromatic carbocycles. The number of unbranched alkanes of at least 4 members (excludes halogenated alkanes) is 5. The number of amides is 1. The first-order valence-corrected chi connectivity index (χ1v) is 7.07. The Labute approximate surface area is 98.4 Å². The van der Waals surface area contributed by atoms with Crippen LogP contribution in [0.25, 0.3) is 0 Å². The zero-order chi connectivity index (χ0) is 11.5. The Bertz CT molecular complexity index is 160. The van der Waals surface area contributed by atoms with Crippen LogP contribution in [0.1, 0.15) is 58.8 Å². The van der Waals surface area contributed by atoms with Gasteiger partial charge >= 0.3 is 0 Å². The molecular weight excluding hydrogens is 206 g/mol. The molecule has 0 unspecified atom stereocenters. The molecule has 1 amide bonds. The number of nitrogens with two attached hydrogens (primary N) is 1. The molecule has 0 rings (SSSR count). The molecule has 0 saturated heterocycles. The Morgan fingerprint density at radius 1 is 1.07 bits per heavy atom. The molecule has 0 aliphatic rings. The van der Waals surface area contributed by atoms with E-state index >= 15 is 0 Å². The van der Waals surface area contributed by atoms with Crippen molar-refractivity contribution < 1.29 is 4.79 Å². The molecule has 2 nitrogen and oxygen atoms in total. The van der Waals surface area contributed by atoms with Gasteiger partial charge in [-0.2, -0.15) is 11.8 Å². The lowest BCUT2D eigenvalue weighted by molar-refractivity contribution is -0.118. The maximum Gasteiger partial charge on any atom is 0.217 e. The molecule has 0 aromatic heterocycles. The van der Waals surface area contributed by atoms with Crippen LogP contribution in [0.4, 0.5) is 0 Å². The molecule has 0 spiro atoms. The number of primary amides is 1. The first-order chi connectivity index (χ1) is 7.13. The standard InChI is InChI=1S/C12H25NOS/c1-11(2)15-10-8-6-4-3-5-7-9-12(13)14/h11H,3-10H2,1-2H3,(H2,13,14). The van der Waals surface area contributed by atoms with Crippen LogP contribution >= 0.6 is 11.8 Å². The van der Waals surface area contributed by atoms with Crippen molar-refractivity contribution in [2.75, 3.05) is 5.75 Å². The van der Waals surface area contributed by atoms with Gasteiger partial charge in [-0.15, -0.1) is 0 Å². The van der Waals surface area contributed by atoms with Crippen molar-refractivity contribution in [1.82, 2.24) is 0 Å². The smallest absolute Gasteiger partial charge is 0.217 e. The maximum atomic E-state index is 10.5. The molecule has 0 bridgehead atoms. The number of rotatable bonds is 10. The summed E-state index contributed by atoms with van der Waals surface area (Å²) in [5.41, 5.74) is 5.06. The van der Waals surface area contributed by atoms with Gasteiger partial charge in [0.2, 0.25) is 5.91 Å². The second-order valence-electron chi connectivity index (χ2n) is 4.26. The highest BCUT2D eigenvalue weighted by Crippen LogP contribution is 2.13. The van der Waals surface area contributed by atoms with E-state index in [0.29, 0.717) is 6.42 Å². The zero-order valence-electron chi connectivity index (χ0n) is 10.1. The van der Waals surface area contributed by atoms with Crippen LogP contribution in [0.2, 0.25) is 0 Å². The zero-order valence-corrected chi connectivity index (χ0v) is 10.9. The minimum atomic E-state index is -0.164. The van der Waals surface area contributed by atoms with E-state index in [1.165, 1.54) is 31.4 Å². The lowest BCUT2D eigenvalue weighted by Gasteiger charge is -2.04. The lowest BCUT2D eigenvalue weighted by Crippen LogP contribution is -2.09. The minimum absolute atomic E-state index is 0.164. The molecule has 2 N–H and O–H groups in total. The lowest BCUT2D eigenvalue weighted by atomic mass is 10.1. The average Bonchev–Trinajstić information content (AvgIpc) is 2.14. The van der Waals surface area contributed by atoms with Gasteiger partial charge in [0.05, 0.1) is 0 Å². The second-order valence-corrected chi connectivity index (χ2v) is 5.94. The van der Waals surface area contributed by atoms with E-state index in [9.17, 15) is 4.79 Å². The molecule has 0 aromatic rings. The fourth-order valence-electron chi connectivity index (χ4n) is 1.43. The Morgan fingerprint density at radius 3 is 2.13 bits per heavy atom. The molecule has 0 aliphatic heterocycles. The average molecular weight is 231 g/mol. The van der Waals surface area contributed by atoms with Crippen LogP contribution in [-0.4, -0.2) is 16.9 Å². The fraction of sp³-hybridized carbons (Fsp3) is 0.917. The summed E-state index contributed by atoms with van der Waals surface area (Å²) >= 11 is 2.04. The van der Waals surface area contributed by atoms with E-state index < -0.39 is 0 Å². The highest BCUT2D eigenvalue weighted by Gasteiger charge is 1.96. The third-order valence-corrected chi connectivity index (χ3v) is 3.46. The molecule has 3 heteroatoms. The fourth-order valence-corrected chi connectivity index (χ4v) is 2.27. The first-order valence-electron chi connectivity index (χ1n) is 6.03. The van der Waals surface area contributed by atoms with E-state index in [-0.39, 0.29) is 5.91 Å². The van der Waals surface area contributed by atoms with Gasteiger partial charge in [-0.1, -0.05) is 39.5 Å². The van der Waals surface area contributed by atoms with Gasteiger partial charge in [0.15, 0.2) is 0 Å². The van der Waals surface area contributed by atoms with Gasteiger partial charge in [-0.05, 0) is 23.8 Å². The Morgan fingerprint density at radius 2 is 1.60 bits per heavy atom. The van der Waals surface area contributed by atoms with Gasteiger partial charge in [0, 0.05) is 6.42 Å². The van der Waals surface area contributed by atoms with E-state index in [2.05, 4.69) is 13.8 Å². The van der Waals surface area contributed by atoms with Crippen LogP contribution in [0.15, 0.2) is 0 Å². The Balaban J connectivity index is 2.96. The molecule has 90 valence electrons. The topological polar surface area (TPSA) is 43.1 Å². The van der Waals surface area contributed by atoms with E-state index in [4.69, 9.17) is 5.73 Å². The molecule has 15 heavy (non-hydrogen) atoms. The maximum absolute atomic E-state index is 10.5. The number of hydrogen-bond donors (Lipinski definition) is 1. The Kier molecular flexibility index (Phi) is 10.2. The van der Waals surface area contributed by atoms with E-state index in [1.807, 2.05) is 11.8 Å². The largest absolute Gasteiger partial charge is 0.370 e. The number of carbonyl (C=O) groups excluding carboxylic acids is 1. The van der Waals surface area contributed by atoms with Crippen LogP contribution in [-0.2, 0) is 4.79 Å². The third kappa shape index (κ3) is 13.8. The van der Waals surface area contributed by atoms with Crippen LogP contribution in [0.5, 0.6) is 0 Å². The molecule has 0 fully saturated rings. The summed E-state index contributed by atoms with van der Waals surface area (Å²) < 4.78 is 0. The highest BCUT2D eigenvalue weighted by atomic mass is 32.2. The molecule has 0 saturated carbocycles. The molecule has 0 aliphatic carbocycles. The van der Waals surface area contributed by atoms with E-state index in [0.717, 1.165) is 18.1 Å². The molecule has 0 heterocycles. The molecular formula is C12H25NOS. The van der Waals surface area contributed by atoms with Crippen LogP contribution in [0, 0.1) is 0 Å². The summed E-state index contributed by atoms with van der Waals surface area (Å²) in [6.45, 7) is 4.49. The van der Waals surface area contributed by atoms with Crippen LogP contribution < -0.4 is 5.73 Å². The van der Waals surface area contributed by atoms with Crippen LogP contribution in [0.3, 0.4) is 0 Å². The predicted molar refractivity (Wildman–Crippen MR) is 69.1 cm³/mol. The Hall–Kier alpha value is -0.180. The van der Waals surface area contributed by atoms with Gasteiger partial charge in [-0.3, -0.25) is 4.79 Å². The summed E-state index contributed by atoms with van der Waals surface area (Å²) in [6.07, 6.45) is 7.89. The quantitative estimate of drug-likeness (QED) is 0.586. The first kappa shape index (κ1) is 14.8. The monoisotopic (exact) mass is 231 g/mol. The predicted octanol–water partition coefficient (Wildman–Crippen LogP) is 3.34. The summed E-state index contributed by atoms with van der Waals surface area (Å²) in [7, 11) is 0. The van der Waals surface area contributed by atoms with Crippen molar-refractivity contribution >= 4 is 17.7 Å². The highest BCUT2D eigenvalue weighted by molar-refractivity contribution is 7.99. The number of carbonyl (C=O) groups is 1. The summed E-state index contributed by atoms with van der Waals surface area (Å²) in [5.74, 6) is 1.13. The number of thioether (sulfide) groups is 1. The summed E-state index contributed by atoms with van der Waals surface area (Å²) in [5, 5.41) is 0.764. The van der Waals surface area contributed by atoms with Crippen molar-refractivity contribution in [3.8, 4) is 0 Å². The van der Waals surface area contributed by atoms with Gasteiger partial charge in [0.25, 0.3) is 0 Å². The summed E-state index contributed by atoms with van der Waals surface area (Å²) in [4.78, 5) is 10.5.